The maximum atomic E-state index is 4.49. The molecule has 0 amide bonds. The average molecular weight is 294 g/mol. The van der Waals surface area contributed by atoms with Gasteiger partial charge in [0, 0.05) is 40.2 Å². The molecule has 0 saturated carbocycles. The molecule has 0 aromatic heterocycles. The van der Waals surface area contributed by atoms with Crippen LogP contribution in [0.1, 0.15) is 58.3 Å². The first-order chi connectivity index (χ1) is 10.2. The molecule has 21 heavy (non-hydrogen) atoms. The van der Waals surface area contributed by atoms with Crippen molar-refractivity contribution in [3.8, 4) is 0 Å². The van der Waals surface area contributed by atoms with E-state index in [4.69, 9.17) is 0 Å². The van der Waals surface area contributed by atoms with Crippen LogP contribution < -0.4 is 0 Å². The Morgan fingerprint density at radius 2 is 1.76 bits per heavy atom. The fraction of sp³-hybridized carbons (Fsp3) is 0.882. The Hall–Kier alpha value is -1.06. The van der Waals surface area contributed by atoms with Crippen LogP contribution in [-0.4, -0.2) is 62.2 Å². The second kappa shape index (κ2) is 11.6. The Kier molecular flexibility index (Phi) is 9.92. The van der Waals surface area contributed by atoms with E-state index in [0.717, 1.165) is 19.6 Å². The SMILES string of the molecule is CCCCCCCCC1=NCCN1C.CN1C=NCCC1. The molecule has 0 aromatic carbocycles. The molecule has 4 heteroatoms. The van der Waals surface area contributed by atoms with Crippen LogP contribution in [0.15, 0.2) is 9.98 Å². The van der Waals surface area contributed by atoms with Crippen LogP contribution in [-0.2, 0) is 0 Å². The third kappa shape index (κ3) is 8.74. The first-order valence-corrected chi connectivity index (χ1v) is 8.68. The number of nitrogens with zero attached hydrogens (tertiary/aromatic N) is 4. The van der Waals surface area contributed by atoms with Crippen molar-refractivity contribution >= 4 is 12.2 Å². The lowest BCUT2D eigenvalue weighted by Gasteiger charge is -2.15. The van der Waals surface area contributed by atoms with Crippen molar-refractivity contribution in [3.05, 3.63) is 0 Å². The smallest absolute Gasteiger partial charge is 0.0987 e. The van der Waals surface area contributed by atoms with Gasteiger partial charge in [0.05, 0.1) is 18.7 Å². The third-order valence-corrected chi connectivity index (χ3v) is 4.00. The normalized spacial score (nSPS) is 17.6. The predicted molar refractivity (Wildman–Crippen MR) is 93.5 cm³/mol. The highest BCUT2D eigenvalue weighted by atomic mass is 15.2. The summed E-state index contributed by atoms with van der Waals surface area (Å²) in [4.78, 5) is 13.0. The molecule has 0 aliphatic carbocycles. The summed E-state index contributed by atoms with van der Waals surface area (Å²) in [5.41, 5.74) is 0. The average Bonchev–Trinajstić information content (AvgIpc) is 2.90. The number of unbranched alkanes of at least 4 members (excludes halogenated alkanes) is 5. The van der Waals surface area contributed by atoms with E-state index in [-0.39, 0.29) is 0 Å². The van der Waals surface area contributed by atoms with E-state index in [1.54, 1.807) is 0 Å². The van der Waals surface area contributed by atoms with E-state index in [1.165, 1.54) is 63.7 Å². The first-order valence-electron chi connectivity index (χ1n) is 8.68. The molecule has 0 N–H and O–H groups in total. The van der Waals surface area contributed by atoms with Crippen molar-refractivity contribution in [2.45, 2.75) is 58.3 Å². The molecule has 0 spiro atoms. The molecule has 2 rings (SSSR count). The Morgan fingerprint density at radius 1 is 1.00 bits per heavy atom. The third-order valence-electron chi connectivity index (χ3n) is 4.00. The summed E-state index contributed by atoms with van der Waals surface area (Å²) >= 11 is 0. The van der Waals surface area contributed by atoms with Gasteiger partial charge >= 0.3 is 0 Å². The van der Waals surface area contributed by atoms with Gasteiger partial charge in [-0.2, -0.15) is 0 Å². The minimum Gasteiger partial charge on any atom is -0.366 e. The maximum Gasteiger partial charge on any atom is 0.0987 e. The van der Waals surface area contributed by atoms with E-state index >= 15 is 0 Å². The van der Waals surface area contributed by atoms with Crippen LogP contribution in [0.2, 0.25) is 0 Å². The Labute approximate surface area is 131 Å². The molecule has 0 fully saturated rings. The molecule has 2 aliphatic heterocycles. The first kappa shape index (κ1) is 18.0. The molecule has 0 saturated heterocycles. The number of amidine groups is 1. The van der Waals surface area contributed by atoms with Crippen molar-refractivity contribution in [2.24, 2.45) is 9.98 Å². The van der Waals surface area contributed by atoms with Gasteiger partial charge in [0.15, 0.2) is 0 Å². The fourth-order valence-electron chi connectivity index (χ4n) is 2.58. The van der Waals surface area contributed by atoms with Gasteiger partial charge in [-0.15, -0.1) is 0 Å². The molecule has 0 bridgehead atoms. The van der Waals surface area contributed by atoms with Crippen molar-refractivity contribution < 1.29 is 0 Å². The molecule has 0 unspecified atom stereocenters. The molecule has 122 valence electrons. The summed E-state index contributed by atoms with van der Waals surface area (Å²) in [6, 6.07) is 0. The van der Waals surface area contributed by atoms with Crippen molar-refractivity contribution in [1.29, 1.82) is 0 Å². The summed E-state index contributed by atoms with van der Waals surface area (Å²) in [5.74, 6) is 1.33. The highest BCUT2D eigenvalue weighted by molar-refractivity contribution is 5.83. The minimum atomic E-state index is 1.02. The van der Waals surface area contributed by atoms with Crippen LogP contribution in [0.4, 0.5) is 0 Å². The van der Waals surface area contributed by atoms with Crippen molar-refractivity contribution in [3.63, 3.8) is 0 Å². The lowest BCUT2D eigenvalue weighted by molar-refractivity contribution is 0.482. The number of hydrogen-bond donors (Lipinski definition) is 0. The number of rotatable bonds is 7. The zero-order chi connectivity index (χ0) is 15.3. The molecule has 0 radical (unpaired) electrons. The topological polar surface area (TPSA) is 31.2 Å². The molecule has 0 aromatic rings. The highest BCUT2D eigenvalue weighted by Gasteiger charge is 2.10. The van der Waals surface area contributed by atoms with Crippen LogP contribution in [0.25, 0.3) is 0 Å². The Morgan fingerprint density at radius 3 is 2.29 bits per heavy atom. The van der Waals surface area contributed by atoms with E-state index < -0.39 is 0 Å². The van der Waals surface area contributed by atoms with Crippen molar-refractivity contribution in [2.75, 3.05) is 40.3 Å². The summed E-state index contributed by atoms with van der Waals surface area (Å²) in [6.07, 6.45) is 12.6. The van der Waals surface area contributed by atoms with Gasteiger partial charge in [-0.1, -0.05) is 39.0 Å². The lowest BCUT2D eigenvalue weighted by atomic mass is 10.1. The molecule has 0 atom stereocenters. The predicted octanol–water partition coefficient (Wildman–Crippen LogP) is 3.43. The zero-order valence-electron chi connectivity index (χ0n) is 14.4. The quantitative estimate of drug-likeness (QED) is 0.674. The lowest BCUT2D eigenvalue weighted by Crippen LogP contribution is -2.22. The molecular weight excluding hydrogens is 260 g/mol. The molecule has 2 heterocycles. The summed E-state index contributed by atoms with van der Waals surface area (Å²) in [7, 11) is 4.20. The molecule has 2 aliphatic rings. The summed E-state index contributed by atoms with van der Waals surface area (Å²) in [6.45, 7) is 6.60. The zero-order valence-corrected chi connectivity index (χ0v) is 14.4. The Bertz CT molecular complexity index is 312. The van der Waals surface area contributed by atoms with E-state index in [9.17, 15) is 0 Å². The van der Waals surface area contributed by atoms with Gasteiger partial charge in [-0.3, -0.25) is 9.98 Å². The van der Waals surface area contributed by atoms with Crippen molar-refractivity contribution in [1.82, 2.24) is 9.80 Å². The van der Waals surface area contributed by atoms with E-state index in [0.29, 0.717) is 0 Å². The van der Waals surface area contributed by atoms with E-state index in [2.05, 4.69) is 33.8 Å². The second-order valence-electron chi connectivity index (χ2n) is 6.09. The summed E-state index contributed by atoms with van der Waals surface area (Å²) < 4.78 is 0. The number of aliphatic imine (C=N–C) groups is 2. The number of likely N-dealkylation sites (N-methyl/N-ethyl adjacent to an activating group) is 1. The van der Waals surface area contributed by atoms with Gasteiger partial charge in [0.1, 0.15) is 0 Å². The Balaban J connectivity index is 0.000000262. The van der Waals surface area contributed by atoms with Crippen LogP contribution in [0.5, 0.6) is 0 Å². The van der Waals surface area contributed by atoms with Gasteiger partial charge in [-0.25, -0.2) is 0 Å². The largest absolute Gasteiger partial charge is 0.366 e. The highest BCUT2D eigenvalue weighted by Crippen LogP contribution is 2.10. The minimum absolute atomic E-state index is 1.02. The van der Waals surface area contributed by atoms with Crippen LogP contribution >= 0.6 is 0 Å². The van der Waals surface area contributed by atoms with Gasteiger partial charge in [-0.05, 0) is 12.8 Å². The molecular formula is C17H34N4. The van der Waals surface area contributed by atoms with Gasteiger partial charge in [0.2, 0.25) is 0 Å². The van der Waals surface area contributed by atoms with Crippen LogP contribution in [0, 0.1) is 0 Å². The standard InChI is InChI=1S/C12H24N2.C5H10N2/c1-3-4-5-6-7-8-9-12-13-10-11-14(12)2;1-7-4-2-3-6-5-7/h3-11H2,1-2H3;5H,2-4H2,1H3. The van der Waals surface area contributed by atoms with Gasteiger partial charge in [0.25, 0.3) is 0 Å². The summed E-state index contributed by atoms with van der Waals surface area (Å²) in [5, 5.41) is 0. The monoisotopic (exact) mass is 294 g/mol. The van der Waals surface area contributed by atoms with Crippen LogP contribution in [0.3, 0.4) is 0 Å². The van der Waals surface area contributed by atoms with Gasteiger partial charge < -0.3 is 9.80 Å². The molecule has 4 nitrogen and oxygen atoms in total. The van der Waals surface area contributed by atoms with E-state index in [1.807, 2.05) is 13.4 Å². The second-order valence-corrected chi connectivity index (χ2v) is 6.09. The fourth-order valence-corrected chi connectivity index (χ4v) is 2.58. The number of hydrogen-bond acceptors (Lipinski definition) is 4. The maximum absolute atomic E-state index is 4.49.